The van der Waals surface area contributed by atoms with E-state index in [0.717, 1.165) is 58.7 Å². The molecule has 1 aliphatic carbocycles. The van der Waals surface area contributed by atoms with Gasteiger partial charge in [-0.05, 0) is 79.8 Å². The predicted molar refractivity (Wildman–Crippen MR) is 194 cm³/mol. The van der Waals surface area contributed by atoms with Crippen molar-refractivity contribution in [2.24, 2.45) is 0 Å². The van der Waals surface area contributed by atoms with Gasteiger partial charge in [-0.15, -0.1) is 0 Å². The first-order valence-electron chi connectivity index (χ1n) is 16.7. The number of ether oxygens (including phenoxy) is 1. The fraction of sp³-hybridized carbons (Fsp3) is 0.333. The lowest BCUT2D eigenvalue weighted by Crippen LogP contribution is -2.55. The predicted octanol–water partition coefficient (Wildman–Crippen LogP) is 7.25. The van der Waals surface area contributed by atoms with Gasteiger partial charge in [-0.2, -0.15) is 0 Å². The van der Waals surface area contributed by atoms with E-state index in [1.165, 1.54) is 17.0 Å². The third-order valence-corrected chi connectivity index (χ3v) is 11.2. The van der Waals surface area contributed by atoms with E-state index in [0.29, 0.717) is 10.8 Å². The second kappa shape index (κ2) is 16.4. The molecule has 2 amide bonds. The summed E-state index contributed by atoms with van der Waals surface area (Å²) >= 11 is 6.50. The van der Waals surface area contributed by atoms with Crippen molar-refractivity contribution in [2.45, 2.75) is 75.9 Å². The minimum atomic E-state index is -4.23. The van der Waals surface area contributed by atoms with Gasteiger partial charge in [0.25, 0.3) is 10.0 Å². The Balaban J connectivity index is 1.58. The van der Waals surface area contributed by atoms with Crippen LogP contribution in [0.25, 0.3) is 0 Å². The van der Waals surface area contributed by atoms with Crippen molar-refractivity contribution in [1.82, 2.24) is 10.2 Å². The molecular weight excluding hydrogens is 658 g/mol. The number of anilines is 1. The highest BCUT2D eigenvalue weighted by molar-refractivity contribution is 7.92. The number of amides is 2. The Hall–Kier alpha value is -4.34. The van der Waals surface area contributed by atoms with Crippen LogP contribution in [0.5, 0.6) is 5.75 Å². The molecule has 0 radical (unpaired) electrons. The van der Waals surface area contributed by atoms with E-state index in [4.69, 9.17) is 16.3 Å². The number of hydrogen-bond acceptors (Lipinski definition) is 5. The van der Waals surface area contributed by atoms with Crippen LogP contribution in [0.1, 0.15) is 54.4 Å². The Labute approximate surface area is 295 Å². The summed E-state index contributed by atoms with van der Waals surface area (Å²) < 4.78 is 35.2. The van der Waals surface area contributed by atoms with Crippen molar-refractivity contribution in [1.29, 1.82) is 0 Å². The molecule has 10 heteroatoms. The van der Waals surface area contributed by atoms with Gasteiger partial charge < -0.3 is 15.0 Å². The molecular formula is C39H44ClN3O5S. The maximum atomic E-state index is 14.8. The average molecular weight is 702 g/mol. The molecule has 1 unspecified atom stereocenters. The molecule has 0 aliphatic heterocycles. The topological polar surface area (TPSA) is 96.0 Å². The molecule has 0 bridgehead atoms. The number of carbonyl (C=O) groups is 2. The summed E-state index contributed by atoms with van der Waals surface area (Å²) in [6.45, 7) is 3.20. The van der Waals surface area contributed by atoms with Crippen molar-refractivity contribution in [3.8, 4) is 5.75 Å². The van der Waals surface area contributed by atoms with Gasteiger partial charge >= 0.3 is 0 Å². The van der Waals surface area contributed by atoms with Crippen LogP contribution in [0.15, 0.2) is 102 Å². The summed E-state index contributed by atoms with van der Waals surface area (Å²) in [6, 6.07) is 27.4. The minimum absolute atomic E-state index is 0.0152. The third-order valence-electron chi connectivity index (χ3n) is 9.04. The van der Waals surface area contributed by atoms with E-state index < -0.39 is 28.5 Å². The van der Waals surface area contributed by atoms with Crippen LogP contribution >= 0.6 is 11.6 Å². The second-order valence-electron chi connectivity index (χ2n) is 12.7. The van der Waals surface area contributed by atoms with E-state index in [9.17, 15) is 18.0 Å². The van der Waals surface area contributed by atoms with Crippen molar-refractivity contribution >= 4 is 39.1 Å². The summed E-state index contributed by atoms with van der Waals surface area (Å²) in [5.41, 5.74) is 3.53. The summed E-state index contributed by atoms with van der Waals surface area (Å²) in [6.07, 6.45) is 5.21. The van der Waals surface area contributed by atoms with E-state index >= 15 is 0 Å². The van der Waals surface area contributed by atoms with Crippen molar-refractivity contribution in [3.05, 3.63) is 124 Å². The lowest BCUT2D eigenvalue weighted by molar-refractivity contribution is -0.140. The third kappa shape index (κ3) is 9.22. The number of carbonyl (C=O) groups excluding carboxylic acids is 2. The first-order valence-corrected chi connectivity index (χ1v) is 18.5. The quantitative estimate of drug-likeness (QED) is 0.159. The first-order chi connectivity index (χ1) is 23.5. The Morgan fingerprint density at radius 2 is 1.57 bits per heavy atom. The SMILES string of the molecule is COc1cccc(CN(C(=O)CN(c2ccc(C)c(Cl)c2)S(=O)(=O)c2ccc(C)cc2)C(Cc2ccccc2)C(=O)NC2CCCCC2)c1. The Morgan fingerprint density at radius 3 is 2.24 bits per heavy atom. The fourth-order valence-electron chi connectivity index (χ4n) is 6.17. The molecule has 8 nitrogen and oxygen atoms in total. The molecule has 1 aliphatic rings. The molecule has 0 saturated heterocycles. The van der Waals surface area contributed by atoms with Gasteiger partial charge in [0.1, 0.15) is 18.3 Å². The lowest BCUT2D eigenvalue weighted by Gasteiger charge is -2.35. The molecule has 49 heavy (non-hydrogen) atoms. The molecule has 0 aromatic heterocycles. The number of methoxy groups -OCH3 is 1. The maximum Gasteiger partial charge on any atom is 0.264 e. The van der Waals surface area contributed by atoms with E-state index in [1.807, 2.05) is 68.4 Å². The summed E-state index contributed by atoms with van der Waals surface area (Å²) in [5.74, 6) is -0.192. The smallest absolute Gasteiger partial charge is 0.264 e. The number of nitrogens with zero attached hydrogens (tertiary/aromatic N) is 2. The molecule has 4 aromatic rings. The molecule has 5 rings (SSSR count). The van der Waals surface area contributed by atoms with Gasteiger partial charge in [-0.1, -0.05) is 97.1 Å². The van der Waals surface area contributed by atoms with Crippen LogP contribution in [0.4, 0.5) is 5.69 Å². The van der Waals surface area contributed by atoms with Crippen LogP contribution in [0.3, 0.4) is 0 Å². The van der Waals surface area contributed by atoms with E-state index in [2.05, 4.69) is 5.32 Å². The highest BCUT2D eigenvalue weighted by atomic mass is 35.5. The molecule has 0 spiro atoms. The zero-order valence-corrected chi connectivity index (χ0v) is 29.8. The van der Waals surface area contributed by atoms with Crippen LogP contribution in [0.2, 0.25) is 5.02 Å². The number of benzene rings is 4. The number of hydrogen-bond donors (Lipinski definition) is 1. The number of aryl methyl sites for hydroxylation is 2. The van der Waals surface area contributed by atoms with Crippen molar-refractivity contribution in [2.75, 3.05) is 18.0 Å². The van der Waals surface area contributed by atoms with Gasteiger partial charge in [-0.3, -0.25) is 13.9 Å². The Morgan fingerprint density at radius 1 is 0.878 bits per heavy atom. The fourth-order valence-corrected chi connectivity index (χ4v) is 7.75. The van der Waals surface area contributed by atoms with Crippen molar-refractivity contribution in [3.63, 3.8) is 0 Å². The standard InChI is InChI=1S/C39H44ClN3O5S/c1-28-17-21-35(22-18-28)49(46,47)43(33-20-19-29(2)36(40)25-33)27-38(44)42(26-31-13-10-16-34(23-31)48-3)37(24-30-11-6-4-7-12-30)39(45)41-32-14-8-5-9-15-32/h4,6-7,10-13,16-23,25,32,37H,5,8-9,14-15,24,26-27H2,1-3H3,(H,41,45). The molecule has 4 aromatic carbocycles. The minimum Gasteiger partial charge on any atom is -0.497 e. The van der Waals surface area contributed by atoms with Crippen LogP contribution < -0.4 is 14.4 Å². The van der Waals surface area contributed by atoms with Gasteiger partial charge in [0.2, 0.25) is 11.8 Å². The van der Waals surface area contributed by atoms with Crippen LogP contribution in [-0.4, -0.2) is 50.9 Å². The largest absolute Gasteiger partial charge is 0.497 e. The maximum absolute atomic E-state index is 14.8. The van der Waals surface area contributed by atoms with Crippen molar-refractivity contribution < 1.29 is 22.7 Å². The van der Waals surface area contributed by atoms with Crippen LogP contribution in [0, 0.1) is 13.8 Å². The highest BCUT2D eigenvalue weighted by Crippen LogP contribution is 2.29. The highest BCUT2D eigenvalue weighted by Gasteiger charge is 2.35. The lowest BCUT2D eigenvalue weighted by atomic mass is 9.94. The Kier molecular flexibility index (Phi) is 12.0. The number of nitrogens with one attached hydrogen (secondary N) is 1. The second-order valence-corrected chi connectivity index (χ2v) is 14.9. The zero-order chi connectivity index (χ0) is 35.0. The summed E-state index contributed by atoms with van der Waals surface area (Å²) in [7, 11) is -2.67. The molecule has 1 fully saturated rings. The average Bonchev–Trinajstić information content (AvgIpc) is 3.11. The van der Waals surface area contributed by atoms with E-state index in [1.54, 1.807) is 37.4 Å². The van der Waals surface area contributed by atoms with Gasteiger partial charge in [0.05, 0.1) is 17.7 Å². The summed E-state index contributed by atoms with van der Waals surface area (Å²) in [5, 5.41) is 3.61. The van der Waals surface area contributed by atoms with E-state index in [-0.39, 0.29) is 35.5 Å². The van der Waals surface area contributed by atoms with Gasteiger partial charge in [0, 0.05) is 24.0 Å². The molecule has 1 atom stereocenters. The first kappa shape index (κ1) is 36.0. The summed E-state index contributed by atoms with van der Waals surface area (Å²) in [4.78, 5) is 30.6. The number of rotatable bonds is 13. The molecule has 0 heterocycles. The molecule has 258 valence electrons. The molecule has 1 saturated carbocycles. The Bertz CT molecular complexity index is 1840. The molecule has 1 N–H and O–H groups in total. The monoisotopic (exact) mass is 701 g/mol. The van der Waals surface area contributed by atoms with Gasteiger partial charge in [0.15, 0.2) is 0 Å². The normalized spacial score (nSPS) is 14.1. The van der Waals surface area contributed by atoms with Gasteiger partial charge in [-0.25, -0.2) is 8.42 Å². The van der Waals surface area contributed by atoms with Crippen LogP contribution in [-0.2, 0) is 32.6 Å². The number of halogens is 1. The zero-order valence-electron chi connectivity index (χ0n) is 28.3. The number of sulfonamides is 1.